The maximum Gasteiger partial charge on any atom is 0.272 e. The number of nitrogens with zero attached hydrogens (tertiary/aromatic N) is 6. The number of piperidine rings is 1. The molecule has 5 rings (SSSR count). The average Bonchev–Trinajstić information content (AvgIpc) is 3.82. The quantitative estimate of drug-likeness (QED) is 0.256. The highest BCUT2D eigenvalue weighted by Gasteiger charge is 2.28. The van der Waals surface area contributed by atoms with Crippen molar-refractivity contribution < 1.29 is 19.1 Å². The standard InChI is InChI=1S/C30H43N9O4/c1-42-25-13-8-14-26(43-2)29(25)24-19-23(35-39(24)22-11-4-5-12-22)30(41)32-21(10-9-17-38-15-6-3-7-16-38)18-28(40)31-20-27-33-36-37-34-27/h8,13-14,19,21-22H,3-7,9-12,15-18,20H2,1-2H3,(H,31,40)(H,32,41)(H,33,34,36,37)/t21-/m0/s1. The summed E-state index contributed by atoms with van der Waals surface area (Å²) >= 11 is 0. The van der Waals surface area contributed by atoms with Crippen molar-refractivity contribution in [3.8, 4) is 22.8 Å². The lowest BCUT2D eigenvalue weighted by Crippen LogP contribution is -2.40. The third-order valence-electron chi connectivity index (χ3n) is 8.40. The molecule has 0 unspecified atom stereocenters. The summed E-state index contributed by atoms with van der Waals surface area (Å²) < 4.78 is 13.4. The molecular weight excluding hydrogens is 550 g/mol. The molecule has 2 aliphatic rings. The summed E-state index contributed by atoms with van der Waals surface area (Å²) in [6.07, 6.45) is 9.64. The van der Waals surface area contributed by atoms with Crippen molar-refractivity contribution in [1.29, 1.82) is 0 Å². The molecule has 2 aromatic heterocycles. The van der Waals surface area contributed by atoms with Gasteiger partial charge in [0, 0.05) is 12.5 Å². The molecule has 3 heterocycles. The van der Waals surface area contributed by atoms with E-state index >= 15 is 0 Å². The zero-order valence-corrected chi connectivity index (χ0v) is 25.2. The molecule has 2 fully saturated rings. The molecule has 3 aromatic rings. The van der Waals surface area contributed by atoms with E-state index in [-0.39, 0.29) is 36.9 Å². The Morgan fingerprint density at radius 2 is 1.81 bits per heavy atom. The predicted molar refractivity (Wildman–Crippen MR) is 160 cm³/mol. The Hall–Kier alpha value is -4.00. The number of tetrazole rings is 1. The lowest BCUT2D eigenvalue weighted by Gasteiger charge is -2.27. The molecule has 13 heteroatoms. The Balaban J connectivity index is 1.34. The normalized spacial score (nSPS) is 16.6. The number of amides is 2. The van der Waals surface area contributed by atoms with E-state index in [0.29, 0.717) is 29.4 Å². The van der Waals surface area contributed by atoms with Gasteiger partial charge in [-0.1, -0.05) is 30.5 Å². The number of hydrogen-bond acceptors (Lipinski definition) is 9. The molecule has 1 aliphatic carbocycles. The maximum absolute atomic E-state index is 13.7. The Bertz CT molecular complexity index is 1310. The molecule has 232 valence electrons. The molecule has 1 atom stereocenters. The summed E-state index contributed by atoms with van der Waals surface area (Å²) in [4.78, 5) is 29.1. The van der Waals surface area contributed by atoms with Crippen LogP contribution in [0.4, 0.5) is 0 Å². The molecule has 13 nitrogen and oxygen atoms in total. The minimum Gasteiger partial charge on any atom is -0.496 e. The lowest BCUT2D eigenvalue weighted by atomic mass is 10.1. The van der Waals surface area contributed by atoms with Crippen LogP contribution in [0.3, 0.4) is 0 Å². The Morgan fingerprint density at radius 3 is 2.49 bits per heavy atom. The zero-order chi connectivity index (χ0) is 30.0. The summed E-state index contributed by atoms with van der Waals surface area (Å²) in [5.74, 6) is 1.21. The third-order valence-corrected chi connectivity index (χ3v) is 8.40. The highest BCUT2D eigenvalue weighted by molar-refractivity contribution is 5.94. The second-order valence-corrected chi connectivity index (χ2v) is 11.4. The molecule has 1 aliphatic heterocycles. The van der Waals surface area contributed by atoms with Crippen LogP contribution in [0.25, 0.3) is 11.3 Å². The van der Waals surface area contributed by atoms with E-state index in [1.807, 2.05) is 28.9 Å². The van der Waals surface area contributed by atoms with Crippen molar-refractivity contribution in [2.75, 3.05) is 33.9 Å². The van der Waals surface area contributed by atoms with E-state index < -0.39 is 0 Å². The van der Waals surface area contributed by atoms with Gasteiger partial charge >= 0.3 is 0 Å². The molecule has 1 saturated heterocycles. The first-order valence-electron chi connectivity index (χ1n) is 15.4. The lowest BCUT2D eigenvalue weighted by molar-refractivity contribution is -0.121. The first-order chi connectivity index (χ1) is 21.1. The summed E-state index contributed by atoms with van der Waals surface area (Å²) in [7, 11) is 3.25. The van der Waals surface area contributed by atoms with Gasteiger partial charge in [-0.15, -0.1) is 10.2 Å². The number of hydrogen-bond donors (Lipinski definition) is 3. The number of carbonyl (C=O) groups excluding carboxylic acids is 2. The fourth-order valence-corrected chi connectivity index (χ4v) is 6.18. The second kappa shape index (κ2) is 14.9. The van der Waals surface area contributed by atoms with Crippen LogP contribution in [0.15, 0.2) is 24.3 Å². The molecule has 3 N–H and O–H groups in total. The smallest absolute Gasteiger partial charge is 0.272 e. The Morgan fingerprint density at radius 1 is 1.07 bits per heavy atom. The predicted octanol–water partition coefficient (Wildman–Crippen LogP) is 3.27. The van der Waals surface area contributed by atoms with Crippen molar-refractivity contribution in [2.45, 2.75) is 82.8 Å². The Labute approximate surface area is 252 Å². The monoisotopic (exact) mass is 593 g/mol. The average molecular weight is 594 g/mol. The molecule has 1 saturated carbocycles. The first kappa shape index (κ1) is 30.5. The fourth-order valence-electron chi connectivity index (χ4n) is 6.18. The molecule has 1 aromatic carbocycles. The summed E-state index contributed by atoms with van der Waals surface area (Å²) in [6, 6.07) is 7.29. The van der Waals surface area contributed by atoms with E-state index in [1.54, 1.807) is 14.2 Å². The number of aromatic amines is 1. The largest absolute Gasteiger partial charge is 0.496 e. The van der Waals surface area contributed by atoms with Crippen LogP contribution in [0.5, 0.6) is 11.5 Å². The van der Waals surface area contributed by atoms with Crippen molar-refractivity contribution in [3.63, 3.8) is 0 Å². The van der Waals surface area contributed by atoms with Crippen LogP contribution in [-0.4, -0.2) is 87.0 Å². The van der Waals surface area contributed by atoms with E-state index in [0.717, 1.165) is 63.0 Å². The van der Waals surface area contributed by atoms with E-state index in [2.05, 4.69) is 36.2 Å². The molecule has 0 bridgehead atoms. The minimum atomic E-state index is -0.358. The molecule has 0 radical (unpaired) electrons. The number of aromatic nitrogens is 6. The maximum atomic E-state index is 13.7. The molecule has 0 spiro atoms. The van der Waals surface area contributed by atoms with Crippen LogP contribution in [0.1, 0.15) is 86.6 Å². The van der Waals surface area contributed by atoms with Crippen molar-refractivity contribution in [3.05, 3.63) is 35.8 Å². The second-order valence-electron chi connectivity index (χ2n) is 11.4. The van der Waals surface area contributed by atoms with Gasteiger partial charge in [0.15, 0.2) is 11.5 Å². The fraction of sp³-hybridized carbons (Fsp3) is 0.600. The van der Waals surface area contributed by atoms with E-state index in [9.17, 15) is 9.59 Å². The van der Waals surface area contributed by atoms with Gasteiger partial charge in [-0.25, -0.2) is 0 Å². The number of ether oxygens (including phenoxy) is 2. The van der Waals surface area contributed by atoms with Crippen LogP contribution < -0.4 is 20.1 Å². The van der Waals surface area contributed by atoms with E-state index in [1.165, 1.54) is 19.3 Å². The number of methoxy groups -OCH3 is 2. The third kappa shape index (κ3) is 7.89. The topological polar surface area (TPSA) is 152 Å². The number of benzene rings is 1. The van der Waals surface area contributed by atoms with Gasteiger partial charge in [-0.2, -0.15) is 10.3 Å². The van der Waals surface area contributed by atoms with Crippen LogP contribution in [0.2, 0.25) is 0 Å². The molecule has 43 heavy (non-hydrogen) atoms. The van der Waals surface area contributed by atoms with Crippen LogP contribution >= 0.6 is 0 Å². The number of H-pyrrole nitrogens is 1. The van der Waals surface area contributed by atoms with Gasteiger partial charge in [0.05, 0.1) is 38.1 Å². The van der Waals surface area contributed by atoms with Crippen LogP contribution in [-0.2, 0) is 11.3 Å². The van der Waals surface area contributed by atoms with Crippen molar-refractivity contribution >= 4 is 11.8 Å². The van der Waals surface area contributed by atoms with Gasteiger partial charge in [0.1, 0.15) is 11.5 Å². The van der Waals surface area contributed by atoms with Gasteiger partial charge in [0.2, 0.25) is 5.91 Å². The zero-order valence-electron chi connectivity index (χ0n) is 25.2. The first-order valence-corrected chi connectivity index (χ1v) is 15.4. The summed E-state index contributed by atoms with van der Waals surface area (Å²) in [5.41, 5.74) is 1.86. The molecule has 2 amide bonds. The van der Waals surface area contributed by atoms with E-state index in [4.69, 9.17) is 14.6 Å². The minimum absolute atomic E-state index is 0.139. The van der Waals surface area contributed by atoms with Gasteiger partial charge in [0.25, 0.3) is 5.91 Å². The van der Waals surface area contributed by atoms with Gasteiger partial charge < -0.3 is 25.0 Å². The number of carbonyl (C=O) groups is 2. The van der Waals surface area contributed by atoms with Gasteiger partial charge in [-0.3, -0.25) is 14.3 Å². The number of nitrogens with one attached hydrogen (secondary N) is 3. The summed E-state index contributed by atoms with van der Waals surface area (Å²) in [5, 5.41) is 24.5. The number of rotatable bonds is 14. The SMILES string of the molecule is COc1cccc(OC)c1-c1cc(C(=O)N[C@@H](CCCN2CCCCC2)CC(=O)NCc2nn[nH]n2)nn1C1CCCC1. The van der Waals surface area contributed by atoms with Gasteiger partial charge in [-0.05, 0) is 76.4 Å². The highest BCUT2D eigenvalue weighted by atomic mass is 16.5. The van der Waals surface area contributed by atoms with Crippen LogP contribution in [0, 0.1) is 0 Å². The summed E-state index contributed by atoms with van der Waals surface area (Å²) in [6.45, 7) is 3.33. The van der Waals surface area contributed by atoms with Crippen molar-refractivity contribution in [1.82, 2.24) is 45.9 Å². The molecular formula is C30H43N9O4. The number of likely N-dealkylation sites (tertiary alicyclic amines) is 1. The van der Waals surface area contributed by atoms with Crippen molar-refractivity contribution in [2.24, 2.45) is 0 Å². The Kier molecular flexibility index (Phi) is 10.6. The highest BCUT2D eigenvalue weighted by Crippen LogP contribution is 2.41.